The van der Waals surface area contributed by atoms with Gasteiger partial charge in [0.15, 0.2) is 5.82 Å². The Morgan fingerprint density at radius 2 is 1.77 bits per heavy atom. The van der Waals surface area contributed by atoms with E-state index in [4.69, 9.17) is 0 Å². The molecule has 1 aromatic carbocycles. The number of hydrogen-bond donors (Lipinski definition) is 1. The minimum atomic E-state index is -0.290. The summed E-state index contributed by atoms with van der Waals surface area (Å²) in [5, 5.41) is 0.955. The van der Waals surface area contributed by atoms with E-state index in [2.05, 4.69) is 50.5 Å². The number of aromatic amines is 1. The predicted octanol–water partition coefficient (Wildman–Crippen LogP) is 8.26. The first kappa shape index (κ1) is 24.6. The summed E-state index contributed by atoms with van der Waals surface area (Å²) in [5.74, 6) is 0.578. The second kappa shape index (κ2) is 10.8. The molecular formula is C29H34FN5. The standard InChI is InChI=1S/C27H28FN5.C2H6/c1-4-7-21(8-5-2)33-17(3)32-26-24(28)12-19(13-25(26)33)23-16-31-27-22(23)11-20(15-30-27)18-9-6-10-29-14-18;1-2/h6,9-16,21H,4-5,7-8H2,1-3H3,(H,30,31);1-2H3. The lowest BCUT2D eigenvalue weighted by Gasteiger charge is -2.20. The van der Waals surface area contributed by atoms with Gasteiger partial charge in [-0.3, -0.25) is 4.98 Å². The van der Waals surface area contributed by atoms with E-state index in [9.17, 15) is 0 Å². The highest BCUT2D eigenvalue weighted by molar-refractivity contribution is 5.97. The van der Waals surface area contributed by atoms with Crippen molar-refractivity contribution in [1.29, 1.82) is 0 Å². The molecule has 0 aliphatic heterocycles. The van der Waals surface area contributed by atoms with E-state index in [1.54, 1.807) is 12.3 Å². The quantitative estimate of drug-likeness (QED) is 0.260. The van der Waals surface area contributed by atoms with Crippen LogP contribution in [0.4, 0.5) is 4.39 Å². The zero-order valence-electron chi connectivity index (χ0n) is 21.3. The SMILES string of the molecule is CC.CCCC(CCC)n1c(C)nc2c(F)cc(-c3c[nH]c4ncc(-c5cccnc5)cc34)cc21. The predicted molar refractivity (Wildman–Crippen MR) is 143 cm³/mol. The lowest BCUT2D eigenvalue weighted by atomic mass is 10.0. The third kappa shape index (κ3) is 4.70. The third-order valence-electron chi connectivity index (χ3n) is 6.37. The van der Waals surface area contributed by atoms with Gasteiger partial charge >= 0.3 is 0 Å². The number of nitrogens with one attached hydrogen (secondary N) is 1. The van der Waals surface area contributed by atoms with Crippen molar-refractivity contribution >= 4 is 22.1 Å². The zero-order chi connectivity index (χ0) is 24.9. The number of halogens is 1. The van der Waals surface area contributed by atoms with E-state index < -0.39 is 0 Å². The van der Waals surface area contributed by atoms with Gasteiger partial charge in [0, 0.05) is 52.9 Å². The van der Waals surface area contributed by atoms with Crippen LogP contribution in [0.2, 0.25) is 0 Å². The number of aryl methyl sites for hydroxylation is 1. The summed E-state index contributed by atoms with van der Waals surface area (Å²) in [4.78, 5) is 16.7. The Balaban J connectivity index is 0.00000141. The van der Waals surface area contributed by atoms with Crippen molar-refractivity contribution in [2.75, 3.05) is 0 Å². The Hall–Kier alpha value is -3.54. The summed E-state index contributed by atoms with van der Waals surface area (Å²) < 4.78 is 17.5. The molecule has 35 heavy (non-hydrogen) atoms. The zero-order valence-corrected chi connectivity index (χ0v) is 21.3. The maximum atomic E-state index is 15.3. The fraction of sp³-hybridized carbons (Fsp3) is 0.345. The average Bonchev–Trinajstić information content (AvgIpc) is 3.46. The van der Waals surface area contributed by atoms with Gasteiger partial charge < -0.3 is 9.55 Å². The summed E-state index contributed by atoms with van der Waals surface area (Å²) in [5.41, 5.74) is 5.81. The van der Waals surface area contributed by atoms with Gasteiger partial charge in [-0.15, -0.1) is 0 Å². The highest BCUT2D eigenvalue weighted by Crippen LogP contribution is 2.35. The van der Waals surface area contributed by atoms with Crippen molar-refractivity contribution in [3.05, 3.63) is 66.8 Å². The Morgan fingerprint density at radius 3 is 2.46 bits per heavy atom. The van der Waals surface area contributed by atoms with Crippen LogP contribution in [0.1, 0.15) is 65.2 Å². The first-order valence-electron chi connectivity index (χ1n) is 12.7. The fourth-order valence-electron chi connectivity index (χ4n) is 4.89. The smallest absolute Gasteiger partial charge is 0.151 e. The molecule has 5 rings (SSSR count). The first-order valence-corrected chi connectivity index (χ1v) is 12.7. The van der Waals surface area contributed by atoms with Crippen LogP contribution in [0.15, 0.2) is 55.1 Å². The number of imidazole rings is 1. The number of benzene rings is 1. The second-order valence-corrected chi connectivity index (χ2v) is 8.65. The van der Waals surface area contributed by atoms with Crippen LogP contribution in [0.25, 0.3) is 44.3 Å². The fourth-order valence-corrected chi connectivity index (χ4v) is 4.89. The molecule has 0 unspecified atom stereocenters. The van der Waals surface area contributed by atoms with Gasteiger partial charge in [-0.1, -0.05) is 46.6 Å². The molecule has 6 heteroatoms. The highest BCUT2D eigenvalue weighted by Gasteiger charge is 2.20. The minimum Gasteiger partial charge on any atom is -0.346 e. The lowest BCUT2D eigenvalue weighted by molar-refractivity contribution is 0.428. The van der Waals surface area contributed by atoms with E-state index >= 15 is 4.39 Å². The Bertz CT molecular complexity index is 1410. The normalized spacial score (nSPS) is 11.3. The Morgan fingerprint density at radius 1 is 1.00 bits per heavy atom. The number of fused-ring (bicyclic) bond motifs is 2. The Kier molecular flexibility index (Phi) is 7.59. The van der Waals surface area contributed by atoms with Crippen LogP contribution in [-0.4, -0.2) is 24.5 Å². The van der Waals surface area contributed by atoms with E-state index in [-0.39, 0.29) is 5.82 Å². The molecular weight excluding hydrogens is 437 g/mol. The molecule has 4 aromatic heterocycles. The van der Waals surface area contributed by atoms with Gasteiger partial charge in [0.25, 0.3) is 0 Å². The van der Waals surface area contributed by atoms with E-state index in [0.717, 1.165) is 70.3 Å². The van der Waals surface area contributed by atoms with E-state index in [1.165, 1.54) is 0 Å². The van der Waals surface area contributed by atoms with Crippen molar-refractivity contribution in [3.63, 3.8) is 0 Å². The molecule has 0 amide bonds. The monoisotopic (exact) mass is 471 g/mol. The molecule has 0 spiro atoms. The topological polar surface area (TPSA) is 59.4 Å². The van der Waals surface area contributed by atoms with Crippen molar-refractivity contribution in [2.45, 2.75) is 66.3 Å². The van der Waals surface area contributed by atoms with E-state index in [0.29, 0.717) is 11.6 Å². The second-order valence-electron chi connectivity index (χ2n) is 8.65. The number of hydrogen-bond acceptors (Lipinski definition) is 3. The summed E-state index contributed by atoms with van der Waals surface area (Å²) >= 11 is 0. The van der Waals surface area contributed by atoms with Gasteiger partial charge in [-0.05, 0) is 49.6 Å². The van der Waals surface area contributed by atoms with Crippen LogP contribution in [-0.2, 0) is 0 Å². The van der Waals surface area contributed by atoms with Gasteiger partial charge in [-0.25, -0.2) is 14.4 Å². The number of aromatic nitrogens is 5. The number of rotatable bonds is 7. The van der Waals surface area contributed by atoms with Gasteiger partial charge in [0.2, 0.25) is 0 Å². The summed E-state index contributed by atoms with van der Waals surface area (Å²) in [6.07, 6.45) is 11.6. The average molecular weight is 472 g/mol. The number of pyridine rings is 2. The Labute approximate surface area is 206 Å². The van der Waals surface area contributed by atoms with Gasteiger partial charge in [0.05, 0.1) is 5.52 Å². The van der Waals surface area contributed by atoms with Crippen molar-refractivity contribution in [1.82, 2.24) is 24.5 Å². The maximum absolute atomic E-state index is 15.3. The molecule has 4 heterocycles. The summed E-state index contributed by atoms with van der Waals surface area (Å²) in [7, 11) is 0. The molecule has 5 nitrogen and oxygen atoms in total. The molecule has 0 saturated carbocycles. The molecule has 0 aliphatic carbocycles. The van der Waals surface area contributed by atoms with Crippen LogP contribution < -0.4 is 0 Å². The lowest BCUT2D eigenvalue weighted by Crippen LogP contribution is -2.10. The number of nitrogens with zero attached hydrogens (tertiary/aromatic N) is 4. The molecule has 1 N–H and O–H groups in total. The molecule has 0 bridgehead atoms. The molecule has 0 atom stereocenters. The van der Waals surface area contributed by atoms with Crippen LogP contribution in [0.5, 0.6) is 0 Å². The van der Waals surface area contributed by atoms with Crippen molar-refractivity contribution in [2.24, 2.45) is 0 Å². The number of H-pyrrole nitrogens is 1. The van der Waals surface area contributed by atoms with Crippen molar-refractivity contribution in [3.8, 4) is 22.3 Å². The largest absolute Gasteiger partial charge is 0.346 e. The van der Waals surface area contributed by atoms with Crippen LogP contribution >= 0.6 is 0 Å². The molecule has 0 saturated heterocycles. The summed E-state index contributed by atoms with van der Waals surface area (Å²) in [6, 6.07) is 10.0. The minimum absolute atomic E-state index is 0.290. The molecule has 0 aliphatic rings. The van der Waals surface area contributed by atoms with Gasteiger partial charge in [-0.2, -0.15) is 0 Å². The maximum Gasteiger partial charge on any atom is 0.151 e. The van der Waals surface area contributed by atoms with Crippen LogP contribution in [0, 0.1) is 12.7 Å². The van der Waals surface area contributed by atoms with E-state index in [1.807, 2.05) is 51.5 Å². The van der Waals surface area contributed by atoms with Crippen LogP contribution in [0.3, 0.4) is 0 Å². The summed E-state index contributed by atoms with van der Waals surface area (Å²) in [6.45, 7) is 10.4. The van der Waals surface area contributed by atoms with Gasteiger partial charge in [0.1, 0.15) is 17.0 Å². The molecule has 0 radical (unpaired) electrons. The molecule has 0 fully saturated rings. The first-order chi connectivity index (χ1) is 17.1. The molecule has 182 valence electrons. The third-order valence-corrected chi connectivity index (χ3v) is 6.37. The molecule has 5 aromatic rings. The van der Waals surface area contributed by atoms with Crippen molar-refractivity contribution < 1.29 is 4.39 Å². The highest BCUT2D eigenvalue weighted by atomic mass is 19.1.